The summed E-state index contributed by atoms with van der Waals surface area (Å²) in [6, 6.07) is 8.77. The Labute approximate surface area is 126 Å². The zero-order chi connectivity index (χ0) is 15.8. The Morgan fingerprint density at radius 1 is 0.905 bits per heavy atom. The van der Waals surface area contributed by atoms with Gasteiger partial charge in [0.25, 0.3) is 10.0 Å². The third-order valence-corrected chi connectivity index (χ3v) is 5.06. The van der Waals surface area contributed by atoms with Crippen LogP contribution in [0.1, 0.15) is 22.3 Å². The summed E-state index contributed by atoms with van der Waals surface area (Å²) in [6.07, 6.45) is 0. The first-order chi connectivity index (χ1) is 9.70. The molecule has 0 aliphatic heterocycles. The van der Waals surface area contributed by atoms with Crippen molar-refractivity contribution in [1.82, 2.24) is 0 Å². The predicted molar refractivity (Wildman–Crippen MR) is 87.1 cm³/mol. The second kappa shape index (κ2) is 5.41. The predicted octanol–water partition coefficient (Wildman–Crippen LogP) is 3.30. The van der Waals surface area contributed by atoms with E-state index in [4.69, 9.17) is 5.73 Å². The van der Waals surface area contributed by atoms with Gasteiger partial charge in [0.05, 0.1) is 16.3 Å². The van der Waals surface area contributed by atoms with Crippen molar-refractivity contribution in [2.45, 2.75) is 32.6 Å². The van der Waals surface area contributed by atoms with Gasteiger partial charge in [0, 0.05) is 0 Å². The SMILES string of the molecule is Cc1ccc(S(=O)(=O)Nc2cc(C)c(C)cc2N)c(C)c1. The van der Waals surface area contributed by atoms with Gasteiger partial charge in [0.15, 0.2) is 0 Å². The molecule has 0 saturated heterocycles. The van der Waals surface area contributed by atoms with E-state index in [-0.39, 0.29) is 4.90 Å². The molecule has 5 heteroatoms. The molecule has 2 rings (SSSR count). The van der Waals surface area contributed by atoms with Gasteiger partial charge in [-0.05, 0) is 62.6 Å². The number of benzene rings is 2. The maximum Gasteiger partial charge on any atom is 0.262 e. The first-order valence-electron chi connectivity index (χ1n) is 6.67. The molecule has 0 bridgehead atoms. The van der Waals surface area contributed by atoms with E-state index < -0.39 is 10.0 Å². The second-order valence-electron chi connectivity index (χ2n) is 5.40. The highest BCUT2D eigenvalue weighted by Gasteiger charge is 2.18. The number of hydrogen-bond acceptors (Lipinski definition) is 3. The molecule has 0 heterocycles. The summed E-state index contributed by atoms with van der Waals surface area (Å²) in [5, 5.41) is 0. The van der Waals surface area contributed by atoms with Crippen LogP contribution >= 0.6 is 0 Å². The number of anilines is 2. The smallest absolute Gasteiger partial charge is 0.262 e. The number of nitrogens with one attached hydrogen (secondary N) is 1. The quantitative estimate of drug-likeness (QED) is 0.855. The van der Waals surface area contributed by atoms with Gasteiger partial charge in [-0.1, -0.05) is 17.7 Å². The normalized spacial score (nSPS) is 11.4. The Morgan fingerprint density at radius 3 is 2.14 bits per heavy atom. The highest BCUT2D eigenvalue weighted by Crippen LogP contribution is 2.26. The van der Waals surface area contributed by atoms with E-state index >= 15 is 0 Å². The fraction of sp³-hybridized carbons (Fsp3) is 0.250. The summed E-state index contributed by atoms with van der Waals surface area (Å²) >= 11 is 0. The fourth-order valence-corrected chi connectivity index (χ4v) is 3.53. The van der Waals surface area contributed by atoms with E-state index in [0.29, 0.717) is 16.9 Å². The Kier molecular flexibility index (Phi) is 3.96. The molecular weight excluding hydrogens is 284 g/mol. The lowest BCUT2D eigenvalue weighted by atomic mass is 10.1. The third-order valence-electron chi connectivity index (χ3n) is 3.53. The molecule has 2 aromatic rings. The minimum Gasteiger partial charge on any atom is -0.397 e. The summed E-state index contributed by atoms with van der Waals surface area (Å²) in [6.45, 7) is 7.57. The number of nitrogen functional groups attached to an aromatic ring is 1. The minimum absolute atomic E-state index is 0.269. The molecule has 4 nitrogen and oxygen atoms in total. The molecule has 0 saturated carbocycles. The Morgan fingerprint density at radius 2 is 1.52 bits per heavy atom. The molecule has 0 spiro atoms. The van der Waals surface area contributed by atoms with Gasteiger partial charge in [-0.25, -0.2) is 8.42 Å². The zero-order valence-electron chi connectivity index (χ0n) is 12.7. The van der Waals surface area contributed by atoms with E-state index in [1.165, 1.54) is 0 Å². The molecule has 21 heavy (non-hydrogen) atoms. The topological polar surface area (TPSA) is 72.2 Å². The van der Waals surface area contributed by atoms with Crippen molar-refractivity contribution in [1.29, 1.82) is 0 Å². The Bertz CT molecular complexity index is 796. The van der Waals surface area contributed by atoms with Gasteiger partial charge in [-0.3, -0.25) is 4.72 Å². The van der Waals surface area contributed by atoms with E-state index in [9.17, 15) is 8.42 Å². The van der Waals surface area contributed by atoms with Crippen LogP contribution in [0.4, 0.5) is 11.4 Å². The maximum atomic E-state index is 12.5. The lowest BCUT2D eigenvalue weighted by molar-refractivity contribution is 0.600. The Balaban J connectivity index is 2.45. The van der Waals surface area contributed by atoms with Gasteiger partial charge in [0.1, 0.15) is 0 Å². The summed E-state index contributed by atoms with van der Waals surface area (Å²) in [5.41, 5.74) is 10.5. The van der Waals surface area contributed by atoms with Crippen LogP contribution in [0.25, 0.3) is 0 Å². The number of hydrogen-bond donors (Lipinski definition) is 2. The van der Waals surface area contributed by atoms with Crippen molar-refractivity contribution in [3.8, 4) is 0 Å². The number of rotatable bonds is 3. The van der Waals surface area contributed by atoms with Gasteiger partial charge in [-0.15, -0.1) is 0 Å². The van der Waals surface area contributed by atoms with Crippen molar-refractivity contribution in [2.75, 3.05) is 10.5 Å². The fourth-order valence-electron chi connectivity index (χ4n) is 2.23. The van der Waals surface area contributed by atoms with Gasteiger partial charge >= 0.3 is 0 Å². The highest BCUT2D eigenvalue weighted by molar-refractivity contribution is 7.92. The molecular formula is C16H20N2O2S. The van der Waals surface area contributed by atoms with Crippen molar-refractivity contribution in [3.63, 3.8) is 0 Å². The highest BCUT2D eigenvalue weighted by atomic mass is 32.2. The number of aryl methyl sites for hydroxylation is 4. The van der Waals surface area contributed by atoms with Crippen LogP contribution in [0.2, 0.25) is 0 Å². The largest absolute Gasteiger partial charge is 0.397 e. The van der Waals surface area contributed by atoms with Crippen LogP contribution in [-0.4, -0.2) is 8.42 Å². The first-order valence-corrected chi connectivity index (χ1v) is 8.16. The van der Waals surface area contributed by atoms with Crippen LogP contribution in [0.5, 0.6) is 0 Å². The number of sulfonamides is 1. The lowest BCUT2D eigenvalue weighted by Crippen LogP contribution is -2.15. The first kappa shape index (κ1) is 15.4. The Hall–Kier alpha value is -2.01. The number of nitrogens with two attached hydrogens (primary N) is 1. The average molecular weight is 304 g/mol. The molecule has 0 radical (unpaired) electrons. The average Bonchev–Trinajstić information content (AvgIpc) is 2.35. The standard InChI is InChI=1S/C16H20N2O2S/c1-10-5-6-16(13(4)7-10)21(19,20)18-15-9-12(3)11(2)8-14(15)17/h5-9,18H,17H2,1-4H3. The minimum atomic E-state index is -3.64. The van der Waals surface area contributed by atoms with Crippen molar-refractivity contribution < 1.29 is 8.42 Å². The maximum absolute atomic E-state index is 12.5. The zero-order valence-corrected chi connectivity index (χ0v) is 13.5. The molecule has 0 amide bonds. The molecule has 3 N–H and O–H groups in total. The summed E-state index contributed by atoms with van der Waals surface area (Å²) in [4.78, 5) is 0.269. The molecule has 0 aliphatic carbocycles. The second-order valence-corrected chi connectivity index (χ2v) is 7.05. The molecule has 2 aromatic carbocycles. The van der Waals surface area contributed by atoms with Crippen LogP contribution in [0.15, 0.2) is 35.2 Å². The molecule has 0 aromatic heterocycles. The van der Waals surface area contributed by atoms with Crippen molar-refractivity contribution >= 4 is 21.4 Å². The lowest BCUT2D eigenvalue weighted by Gasteiger charge is -2.14. The van der Waals surface area contributed by atoms with Gasteiger partial charge < -0.3 is 5.73 Å². The van der Waals surface area contributed by atoms with E-state index in [1.807, 2.05) is 26.8 Å². The van der Waals surface area contributed by atoms with Crippen LogP contribution in [0, 0.1) is 27.7 Å². The van der Waals surface area contributed by atoms with E-state index in [2.05, 4.69) is 4.72 Å². The summed E-state index contributed by atoms with van der Waals surface area (Å²) in [5.74, 6) is 0. The molecule has 112 valence electrons. The molecule has 0 atom stereocenters. The van der Waals surface area contributed by atoms with Crippen LogP contribution in [-0.2, 0) is 10.0 Å². The van der Waals surface area contributed by atoms with E-state index in [1.54, 1.807) is 31.2 Å². The molecule has 0 unspecified atom stereocenters. The monoisotopic (exact) mass is 304 g/mol. The van der Waals surface area contributed by atoms with Crippen molar-refractivity contribution in [3.05, 3.63) is 52.6 Å². The summed E-state index contributed by atoms with van der Waals surface area (Å²) < 4.78 is 27.6. The third kappa shape index (κ3) is 3.19. The molecule has 0 fully saturated rings. The molecule has 0 aliphatic rings. The van der Waals surface area contributed by atoms with E-state index in [0.717, 1.165) is 16.7 Å². The van der Waals surface area contributed by atoms with Gasteiger partial charge in [-0.2, -0.15) is 0 Å². The van der Waals surface area contributed by atoms with Crippen molar-refractivity contribution in [2.24, 2.45) is 0 Å². The summed E-state index contributed by atoms with van der Waals surface area (Å²) in [7, 11) is -3.64. The van der Waals surface area contributed by atoms with Gasteiger partial charge in [0.2, 0.25) is 0 Å². The van der Waals surface area contributed by atoms with Crippen LogP contribution < -0.4 is 10.5 Å². The van der Waals surface area contributed by atoms with Crippen LogP contribution in [0.3, 0.4) is 0 Å².